The molecule has 10 nitrogen and oxygen atoms in total. The molecule has 2 saturated heterocycles. The number of ether oxygens (including phenoxy) is 7. The number of unbranched alkanes of at least 4 members (excludes halogenated alkanes) is 1. The second kappa shape index (κ2) is 15.8. The summed E-state index contributed by atoms with van der Waals surface area (Å²) in [5.74, 6) is -3.79. The zero-order chi connectivity index (χ0) is 34.1. The molecule has 0 amide bonds. The number of rotatable bonds is 13. The molecule has 0 aliphatic carbocycles. The predicted molar refractivity (Wildman–Crippen MR) is 176 cm³/mol. The molecule has 2 heterocycles. The summed E-state index contributed by atoms with van der Waals surface area (Å²) >= 11 is 0. The van der Waals surface area contributed by atoms with Crippen LogP contribution in [-0.4, -0.2) is 61.8 Å². The van der Waals surface area contributed by atoms with Crippen LogP contribution < -0.4 is 0 Å². The minimum absolute atomic E-state index is 0.235. The average Bonchev–Trinajstić information content (AvgIpc) is 3.54. The van der Waals surface area contributed by atoms with Gasteiger partial charge in [-0.1, -0.05) is 91.0 Å². The Labute approximate surface area is 284 Å². The van der Waals surface area contributed by atoms with Crippen molar-refractivity contribution in [2.24, 2.45) is 0 Å². The van der Waals surface area contributed by atoms with Crippen LogP contribution in [-0.2, 0) is 39.1 Å². The van der Waals surface area contributed by atoms with Crippen molar-refractivity contribution in [3.63, 3.8) is 0 Å². The van der Waals surface area contributed by atoms with Gasteiger partial charge in [-0.05, 0) is 49.2 Å². The topological polar surface area (TPSA) is 116 Å². The van der Waals surface area contributed by atoms with E-state index in [2.05, 4.69) is 6.58 Å². The number of carbonyl (C=O) groups is 3. The van der Waals surface area contributed by atoms with E-state index in [0.717, 1.165) is 0 Å². The quantitative estimate of drug-likeness (QED) is 0.0705. The summed E-state index contributed by atoms with van der Waals surface area (Å²) < 4.78 is 43.5. The SMILES string of the molecule is C=CCCCOC1(c2ccccc2)O[C@@H]2O[C@H](COC(=O)c3ccccc3)[C@@H](OC(=O)c3ccccc3)[C@H](OC(=O)c3ccccc3)[C@@H]2O1. The fourth-order valence-corrected chi connectivity index (χ4v) is 5.58. The molecule has 2 aliphatic rings. The molecular formula is C39H36O10. The van der Waals surface area contributed by atoms with E-state index in [-0.39, 0.29) is 24.3 Å². The van der Waals surface area contributed by atoms with Crippen LogP contribution in [0.4, 0.5) is 0 Å². The molecule has 6 rings (SSSR count). The van der Waals surface area contributed by atoms with E-state index in [1.165, 1.54) is 0 Å². The molecule has 4 aromatic carbocycles. The monoisotopic (exact) mass is 664 g/mol. The third kappa shape index (κ3) is 7.96. The maximum absolute atomic E-state index is 13.6. The van der Waals surface area contributed by atoms with E-state index < -0.39 is 54.6 Å². The summed E-state index contributed by atoms with van der Waals surface area (Å²) in [7, 11) is 0. The van der Waals surface area contributed by atoms with Crippen LogP contribution in [0.5, 0.6) is 0 Å². The number of benzene rings is 4. The van der Waals surface area contributed by atoms with Gasteiger partial charge in [-0.25, -0.2) is 14.4 Å². The van der Waals surface area contributed by atoms with Crippen LogP contribution in [0.2, 0.25) is 0 Å². The lowest BCUT2D eigenvalue weighted by Gasteiger charge is -2.41. The Bertz CT molecular complexity index is 1700. The van der Waals surface area contributed by atoms with E-state index in [9.17, 15) is 14.4 Å². The molecular weight excluding hydrogens is 628 g/mol. The smallest absolute Gasteiger partial charge is 0.338 e. The molecule has 0 spiro atoms. The van der Waals surface area contributed by atoms with Crippen molar-refractivity contribution in [3.8, 4) is 0 Å². The molecule has 0 N–H and O–H groups in total. The van der Waals surface area contributed by atoms with Gasteiger partial charge in [0.15, 0.2) is 24.6 Å². The Morgan fingerprint density at radius 1 is 0.673 bits per heavy atom. The summed E-state index contributed by atoms with van der Waals surface area (Å²) in [6.07, 6.45) is -2.97. The van der Waals surface area contributed by atoms with Gasteiger partial charge in [-0.15, -0.1) is 6.58 Å². The molecule has 6 atom stereocenters. The van der Waals surface area contributed by atoms with Gasteiger partial charge >= 0.3 is 23.9 Å². The van der Waals surface area contributed by atoms with Gasteiger partial charge in [0.05, 0.1) is 23.3 Å². The van der Waals surface area contributed by atoms with Gasteiger partial charge in [-0.2, -0.15) is 0 Å². The molecule has 0 radical (unpaired) electrons. The summed E-state index contributed by atoms with van der Waals surface area (Å²) in [4.78, 5) is 40.2. The second-order valence-corrected chi connectivity index (χ2v) is 11.4. The first kappa shape index (κ1) is 33.8. The van der Waals surface area contributed by atoms with Gasteiger partial charge < -0.3 is 28.4 Å². The van der Waals surface area contributed by atoms with E-state index in [0.29, 0.717) is 24.0 Å². The van der Waals surface area contributed by atoms with Gasteiger partial charge in [0.2, 0.25) is 0 Å². The van der Waals surface area contributed by atoms with Crippen molar-refractivity contribution in [2.75, 3.05) is 13.2 Å². The lowest BCUT2D eigenvalue weighted by molar-refractivity contribution is -0.367. The number of hydrogen-bond donors (Lipinski definition) is 0. The highest BCUT2D eigenvalue weighted by Crippen LogP contribution is 2.45. The van der Waals surface area contributed by atoms with Crippen LogP contribution in [0.3, 0.4) is 0 Å². The summed E-state index contributed by atoms with van der Waals surface area (Å²) in [5.41, 5.74) is 1.37. The van der Waals surface area contributed by atoms with Crippen LogP contribution in [0.25, 0.3) is 0 Å². The van der Waals surface area contributed by atoms with Crippen molar-refractivity contribution in [1.29, 1.82) is 0 Å². The first-order valence-electron chi connectivity index (χ1n) is 16.0. The van der Waals surface area contributed by atoms with E-state index in [1.807, 2.05) is 18.2 Å². The summed E-state index contributed by atoms with van der Waals surface area (Å²) in [6, 6.07) is 34.2. The van der Waals surface area contributed by atoms with Crippen molar-refractivity contribution < 1.29 is 47.5 Å². The maximum atomic E-state index is 13.6. The van der Waals surface area contributed by atoms with Crippen LogP contribution in [0, 0.1) is 0 Å². The number of esters is 3. The zero-order valence-electron chi connectivity index (χ0n) is 26.6. The molecule has 0 bridgehead atoms. The zero-order valence-corrected chi connectivity index (χ0v) is 26.6. The molecule has 1 unspecified atom stereocenters. The molecule has 2 fully saturated rings. The largest absolute Gasteiger partial charge is 0.459 e. The van der Waals surface area contributed by atoms with Crippen LogP contribution in [0.15, 0.2) is 134 Å². The number of hydrogen-bond acceptors (Lipinski definition) is 10. The number of fused-ring (bicyclic) bond motifs is 1. The Balaban J connectivity index is 1.37. The minimum atomic E-state index is -1.77. The van der Waals surface area contributed by atoms with Gasteiger partial charge in [-0.3, -0.25) is 4.74 Å². The Kier molecular flexibility index (Phi) is 10.9. The van der Waals surface area contributed by atoms with Crippen molar-refractivity contribution >= 4 is 17.9 Å². The molecule has 49 heavy (non-hydrogen) atoms. The lowest BCUT2D eigenvalue weighted by atomic mass is 9.98. The van der Waals surface area contributed by atoms with Crippen LogP contribution in [0.1, 0.15) is 49.5 Å². The highest BCUT2D eigenvalue weighted by atomic mass is 16.9. The first-order valence-corrected chi connectivity index (χ1v) is 16.0. The number of carbonyl (C=O) groups excluding carboxylic acids is 3. The third-order valence-electron chi connectivity index (χ3n) is 8.02. The van der Waals surface area contributed by atoms with Gasteiger partial charge in [0.1, 0.15) is 12.7 Å². The predicted octanol–water partition coefficient (Wildman–Crippen LogP) is 6.23. The molecule has 10 heteroatoms. The highest BCUT2D eigenvalue weighted by molar-refractivity contribution is 5.91. The molecule has 0 aromatic heterocycles. The van der Waals surface area contributed by atoms with E-state index in [1.54, 1.807) is 109 Å². The van der Waals surface area contributed by atoms with E-state index in [4.69, 9.17) is 33.2 Å². The standard InChI is InChI=1S/C39H36O10/c1-2-3-16-25-44-39(30-23-14-7-15-24-30)48-34-33(47-37(42)29-21-12-6-13-22-29)32(46-36(41)28-19-10-5-11-20-28)31(45-38(34)49-39)26-43-35(40)27-17-8-4-9-18-27/h2,4-15,17-24,31-34,38H,1,3,16,25-26H2/t31-,32-,33+,34+,38+,39?/m1/s1. The summed E-state index contributed by atoms with van der Waals surface area (Å²) in [5, 5.41) is 0. The molecule has 252 valence electrons. The van der Waals surface area contributed by atoms with Gasteiger partial charge in [0.25, 0.3) is 0 Å². The Hall–Kier alpha value is -5.13. The average molecular weight is 665 g/mol. The third-order valence-corrected chi connectivity index (χ3v) is 8.02. The van der Waals surface area contributed by atoms with Crippen molar-refractivity contribution in [3.05, 3.63) is 156 Å². The van der Waals surface area contributed by atoms with Crippen LogP contribution >= 0.6 is 0 Å². The Morgan fingerprint density at radius 2 is 1.18 bits per heavy atom. The maximum Gasteiger partial charge on any atom is 0.338 e. The fraction of sp³-hybridized carbons (Fsp3) is 0.256. The highest BCUT2D eigenvalue weighted by Gasteiger charge is 2.62. The summed E-state index contributed by atoms with van der Waals surface area (Å²) in [6.45, 7) is 3.64. The van der Waals surface area contributed by atoms with Crippen molar-refractivity contribution in [1.82, 2.24) is 0 Å². The minimum Gasteiger partial charge on any atom is -0.459 e. The normalized spacial score (nSPS) is 24.3. The fourth-order valence-electron chi connectivity index (χ4n) is 5.58. The molecule has 0 saturated carbocycles. The Morgan fingerprint density at radius 3 is 1.73 bits per heavy atom. The first-order chi connectivity index (χ1) is 24.0. The number of allylic oxidation sites excluding steroid dienone is 1. The van der Waals surface area contributed by atoms with Gasteiger partial charge in [0, 0.05) is 5.56 Å². The van der Waals surface area contributed by atoms with E-state index >= 15 is 0 Å². The molecule has 2 aliphatic heterocycles. The van der Waals surface area contributed by atoms with Crippen molar-refractivity contribution in [2.45, 2.75) is 49.5 Å². The second-order valence-electron chi connectivity index (χ2n) is 11.4. The molecule has 4 aromatic rings. The lowest BCUT2D eigenvalue weighted by Crippen LogP contribution is -2.60.